The predicted octanol–water partition coefficient (Wildman–Crippen LogP) is 3.80. The fourth-order valence-corrected chi connectivity index (χ4v) is 4.07. The first-order chi connectivity index (χ1) is 12.2. The van der Waals surface area contributed by atoms with Gasteiger partial charge in [0.05, 0.1) is 0 Å². The molecular weight excluding hydrogens is 312 g/mol. The fourth-order valence-electron chi connectivity index (χ4n) is 4.07. The number of alkyl carbamates (subject to hydrolysis) is 1. The second-order valence-electron chi connectivity index (χ2n) is 7.08. The van der Waals surface area contributed by atoms with E-state index in [1.54, 1.807) is 0 Å². The van der Waals surface area contributed by atoms with Gasteiger partial charge in [-0.2, -0.15) is 0 Å². The number of hydrogen-bond acceptors (Lipinski definition) is 3. The molecular formula is C21H24N2O2. The van der Waals surface area contributed by atoms with Crippen molar-refractivity contribution in [1.82, 2.24) is 5.32 Å². The summed E-state index contributed by atoms with van der Waals surface area (Å²) in [7, 11) is 0. The summed E-state index contributed by atoms with van der Waals surface area (Å²) in [5.41, 5.74) is 10.9. The average Bonchev–Trinajstić information content (AvgIpc) is 2.96. The zero-order chi connectivity index (χ0) is 17.2. The van der Waals surface area contributed by atoms with E-state index in [1.165, 1.54) is 22.3 Å². The van der Waals surface area contributed by atoms with Gasteiger partial charge in [-0.1, -0.05) is 48.5 Å². The number of fused-ring (bicyclic) bond motifs is 3. The minimum Gasteiger partial charge on any atom is -0.449 e. The number of nitrogens with one attached hydrogen (secondary N) is 1. The number of carbonyl (C=O) groups excluding carboxylic acids is 1. The molecule has 0 aromatic heterocycles. The van der Waals surface area contributed by atoms with Crippen LogP contribution in [0.5, 0.6) is 0 Å². The molecule has 0 aliphatic heterocycles. The minimum atomic E-state index is -0.317. The molecule has 2 aliphatic carbocycles. The van der Waals surface area contributed by atoms with Gasteiger partial charge in [-0.05, 0) is 47.9 Å². The van der Waals surface area contributed by atoms with Gasteiger partial charge < -0.3 is 15.8 Å². The molecule has 0 radical (unpaired) electrons. The van der Waals surface area contributed by atoms with E-state index in [4.69, 9.17) is 10.5 Å². The zero-order valence-electron chi connectivity index (χ0n) is 14.3. The van der Waals surface area contributed by atoms with E-state index in [0.717, 1.165) is 25.7 Å². The molecule has 0 spiro atoms. The van der Waals surface area contributed by atoms with Gasteiger partial charge in [-0.25, -0.2) is 4.79 Å². The lowest BCUT2D eigenvalue weighted by atomic mass is 9.92. The molecule has 0 unspecified atom stereocenters. The molecule has 3 N–H and O–H groups in total. The van der Waals surface area contributed by atoms with Crippen LogP contribution < -0.4 is 11.1 Å². The quantitative estimate of drug-likeness (QED) is 0.896. The number of hydrogen-bond donors (Lipinski definition) is 2. The Labute approximate surface area is 148 Å². The molecule has 2 aromatic rings. The molecule has 1 fully saturated rings. The van der Waals surface area contributed by atoms with E-state index < -0.39 is 0 Å². The first-order valence-corrected chi connectivity index (χ1v) is 9.09. The van der Waals surface area contributed by atoms with Crippen molar-refractivity contribution in [3.63, 3.8) is 0 Å². The summed E-state index contributed by atoms with van der Waals surface area (Å²) in [4.78, 5) is 12.2. The van der Waals surface area contributed by atoms with Crippen LogP contribution in [0.1, 0.15) is 42.7 Å². The highest BCUT2D eigenvalue weighted by atomic mass is 16.5. The number of nitrogens with two attached hydrogens (primary N) is 1. The van der Waals surface area contributed by atoms with Gasteiger partial charge in [0.1, 0.15) is 6.61 Å². The molecule has 4 rings (SSSR count). The molecule has 2 aromatic carbocycles. The number of ether oxygens (including phenoxy) is 1. The van der Waals surface area contributed by atoms with Crippen molar-refractivity contribution in [3.8, 4) is 11.1 Å². The van der Waals surface area contributed by atoms with E-state index in [-0.39, 0.29) is 24.1 Å². The van der Waals surface area contributed by atoms with E-state index in [9.17, 15) is 4.79 Å². The molecule has 4 nitrogen and oxygen atoms in total. The Balaban J connectivity index is 1.42. The highest BCUT2D eigenvalue weighted by Crippen LogP contribution is 2.44. The lowest BCUT2D eigenvalue weighted by Crippen LogP contribution is -2.41. The predicted molar refractivity (Wildman–Crippen MR) is 98.4 cm³/mol. The van der Waals surface area contributed by atoms with Crippen LogP contribution in [0.25, 0.3) is 11.1 Å². The second kappa shape index (κ2) is 6.89. The molecule has 130 valence electrons. The van der Waals surface area contributed by atoms with Crippen molar-refractivity contribution in [3.05, 3.63) is 59.7 Å². The van der Waals surface area contributed by atoms with E-state index in [2.05, 4.69) is 41.7 Å². The number of amides is 1. The Hall–Kier alpha value is -2.33. The SMILES string of the molecule is N[C@H]1CC[C@@H](NC(=O)OCC2c3ccccc3-c3ccccc32)CC1. The van der Waals surface area contributed by atoms with Gasteiger partial charge in [-0.3, -0.25) is 0 Å². The maximum atomic E-state index is 12.2. The van der Waals surface area contributed by atoms with Crippen molar-refractivity contribution < 1.29 is 9.53 Å². The molecule has 1 saturated carbocycles. The lowest BCUT2D eigenvalue weighted by Gasteiger charge is -2.26. The topological polar surface area (TPSA) is 64.3 Å². The van der Waals surface area contributed by atoms with E-state index in [0.29, 0.717) is 6.61 Å². The van der Waals surface area contributed by atoms with Crippen LogP contribution >= 0.6 is 0 Å². The molecule has 0 atom stereocenters. The Morgan fingerprint density at radius 1 is 0.960 bits per heavy atom. The summed E-state index contributed by atoms with van der Waals surface area (Å²) in [5, 5.41) is 2.99. The van der Waals surface area contributed by atoms with Gasteiger partial charge in [0.15, 0.2) is 0 Å². The van der Waals surface area contributed by atoms with Crippen LogP contribution in [0, 0.1) is 0 Å². The third-order valence-corrected chi connectivity index (χ3v) is 5.44. The third kappa shape index (κ3) is 3.27. The molecule has 4 heteroatoms. The van der Waals surface area contributed by atoms with Crippen LogP contribution in [0.4, 0.5) is 4.79 Å². The molecule has 1 amide bonds. The third-order valence-electron chi connectivity index (χ3n) is 5.44. The standard InChI is InChI=1S/C21H24N2O2/c22-14-9-11-15(12-10-14)23-21(24)25-13-20-18-7-3-1-5-16(18)17-6-2-4-8-19(17)20/h1-8,14-15,20H,9-13,22H2,(H,23,24)/t14-,15+. The highest BCUT2D eigenvalue weighted by molar-refractivity contribution is 5.79. The number of rotatable bonds is 3. The van der Waals surface area contributed by atoms with Crippen LogP contribution in [-0.4, -0.2) is 24.8 Å². The normalized spacial score (nSPS) is 22.1. The van der Waals surface area contributed by atoms with E-state index >= 15 is 0 Å². The number of carbonyl (C=O) groups is 1. The van der Waals surface area contributed by atoms with Gasteiger partial charge in [0.2, 0.25) is 0 Å². The molecule has 0 bridgehead atoms. The Morgan fingerprint density at radius 2 is 1.52 bits per heavy atom. The average molecular weight is 336 g/mol. The second-order valence-corrected chi connectivity index (χ2v) is 7.08. The fraction of sp³-hybridized carbons (Fsp3) is 0.381. The van der Waals surface area contributed by atoms with Gasteiger partial charge in [0, 0.05) is 18.0 Å². The van der Waals surface area contributed by atoms with Crippen molar-refractivity contribution in [2.75, 3.05) is 6.61 Å². The summed E-state index contributed by atoms with van der Waals surface area (Å²) in [6, 6.07) is 17.2. The Kier molecular flexibility index (Phi) is 4.45. The minimum absolute atomic E-state index is 0.109. The molecule has 2 aliphatic rings. The van der Waals surface area contributed by atoms with Gasteiger partial charge in [0.25, 0.3) is 0 Å². The zero-order valence-corrected chi connectivity index (χ0v) is 14.3. The van der Waals surface area contributed by atoms with Gasteiger partial charge >= 0.3 is 6.09 Å². The van der Waals surface area contributed by atoms with Crippen molar-refractivity contribution in [2.45, 2.75) is 43.7 Å². The summed E-state index contributed by atoms with van der Waals surface area (Å²) < 4.78 is 5.59. The Morgan fingerprint density at radius 3 is 2.12 bits per heavy atom. The lowest BCUT2D eigenvalue weighted by molar-refractivity contribution is 0.136. The Bertz CT molecular complexity index is 720. The van der Waals surface area contributed by atoms with Crippen LogP contribution in [0.3, 0.4) is 0 Å². The summed E-state index contributed by atoms with van der Waals surface area (Å²) >= 11 is 0. The summed E-state index contributed by atoms with van der Waals surface area (Å²) in [6.45, 7) is 0.367. The maximum absolute atomic E-state index is 12.2. The first kappa shape index (κ1) is 16.2. The van der Waals surface area contributed by atoms with Crippen LogP contribution in [0.15, 0.2) is 48.5 Å². The smallest absolute Gasteiger partial charge is 0.407 e. The summed E-state index contributed by atoms with van der Waals surface area (Å²) in [6.07, 6.45) is 3.49. The highest BCUT2D eigenvalue weighted by Gasteiger charge is 2.29. The van der Waals surface area contributed by atoms with Gasteiger partial charge in [-0.15, -0.1) is 0 Å². The van der Waals surface area contributed by atoms with Crippen molar-refractivity contribution in [1.29, 1.82) is 0 Å². The van der Waals surface area contributed by atoms with Crippen LogP contribution in [0.2, 0.25) is 0 Å². The summed E-state index contributed by atoms with van der Waals surface area (Å²) in [5.74, 6) is 0.109. The molecule has 0 saturated heterocycles. The molecule has 25 heavy (non-hydrogen) atoms. The largest absolute Gasteiger partial charge is 0.449 e. The monoisotopic (exact) mass is 336 g/mol. The van der Waals surface area contributed by atoms with Crippen molar-refractivity contribution >= 4 is 6.09 Å². The molecule has 0 heterocycles. The van der Waals surface area contributed by atoms with Crippen molar-refractivity contribution in [2.24, 2.45) is 5.73 Å². The van der Waals surface area contributed by atoms with E-state index in [1.807, 2.05) is 12.1 Å². The van der Waals surface area contributed by atoms with Crippen LogP contribution in [-0.2, 0) is 4.74 Å². The number of benzene rings is 2. The first-order valence-electron chi connectivity index (χ1n) is 9.09. The maximum Gasteiger partial charge on any atom is 0.407 e.